The van der Waals surface area contributed by atoms with Gasteiger partial charge in [0.25, 0.3) is 0 Å². The Morgan fingerprint density at radius 2 is 1.93 bits per heavy atom. The Morgan fingerprint density at radius 1 is 1.36 bits per heavy atom. The summed E-state index contributed by atoms with van der Waals surface area (Å²) in [5.74, 6) is 0. The van der Waals surface area contributed by atoms with Gasteiger partial charge in [-0.1, -0.05) is 30.9 Å². The third-order valence-electron chi connectivity index (χ3n) is 1.63. The molecule has 0 unspecified atom stereocenters. The lowest BCUT2D eigenvalue weighted by atomic mass is 10.1. The highest BCUT2D eigenvalue weighted by Crippen LogP contribution is 2.12. The second-order valence-electron chi connectivity index (χ2n) is 2.55. The molecule has 0 atom stereocenters. The van der Waals surface area contributed by atoms with Gasteiger partial charge in [0.2, 0.25) is 0 Å². The Bertz CT molecular complexity index is 473. The molecule has 0 aliphatic heterocycles. The van der Waals surface area contributed by atoms with Crippen molar-refractivity contribution in [3.63, 3.8) is 0 Å². The molecule has 0 bridgehead atoms. The molecule has 1 aromatic carbocycles. The molecule has 5 heteroatoms. The van der Waals surface area contributed by atoms with Gasteiger partial charge in [-0.2, -0.15) is 8.42 Å². The molecule has 1 N–H and O–H groups in total. The normalized spacial score (nSPS) is 10.9. The van der Waals surface area contributed by atoms with Crippen LogP contribution < -0.4 is 0 Å². The van der Waals surface area contributed by atoms with Gasteiger partial charge in [0, 0.05) is 5.56 Å². The Hall–Kier alpha value is -1.46. The van der Waals surface area contributed by atoms with Crippen LogP contribution in [0, 0.1) is 0 Å². The van der Waals surface area contributed by atoms with E-state index < -0.39 is 15.2 Å². The maximum atomic E-state index is 11.2. The first-order valence-electron chi connectivity index (χ1n) is 3.70. The third kappa shape index (κ3) is 2.07. The first-order valence-corrected chi connectivity index (χ1v) is 5.14. The van der Waals surface area contributed by atoms with Crippen molar-refractivity contribution in [3.05, 3.63) is 42.0 Å². The highest BCUT2D eigenvalue weighted by atomic mass is 32.2. The molecule has 0 aliphatic rings. The smallest absolute Gasteiger partial charge is 0.279 e. The lowest BCUT2D eigenvalue weighted by Crippen LogP contribution is -2.14. The van der Waals surface area contributed by atoms with E-state index in [1.54, 1.807) is 6.07 Å². The fraction of sp³-hybridized carbons (Fsp3) is 0. The minimum absolute atomic E-state index is 0.0787. The predicted molar refractivity (Wildman–Crippen MR) is 52.4 cm³/mol. The Balaban J connectivity index is 3.33. The van der Waals surface area contributed by atoms with E-state index in [1.807, 2.05) is 0 Å². The quantitative estimate of drug-likeness (QED) is 0.751. The number of benzene rings is 1. The van der Waals surface area contributed by atoms with Crippen LogP contribution in [0.1, 0.15) is 15.9 Å². The molecule has 0 spiro atoms. The van der Waals surface area contributed by atoms with E-state index in [9.17, 15) is 13.2 Å². The van der Waals surface area contributed by atoms with Crippen molar-refractivity contribution < 1.29 is 17.8 Å². The fourth-order valence-corrected chi connectivity index (χ4v) is 1.46. The van der Waals surface area contributed by atoms with Gasteiger partial charge in [-0.15, -0.1) is 0 Å². The largest absolute Gasteiger partial charge is 0.333 e. The maximum Gasteiger partial charge on any atom is 0.333 e. The zero-order chi connectivity index (χ0) is 10.8. The van der Waals surface area contributed by atoms with Crippen LogP contribution >= 0.6 is 0 Å². The van der Waals surface area contributed by atoms with Crippen LogP contribution in [0.2, 0.25) is 0 Å². The van der Waals surface area contributed by atoms with Gasteiger partial charge in [-0.25, -0.2) is 0 Å². The summed E-state index contributed by atoms with van der Waals surface area (Å²) in [5.41, 5.74) is 0.292. The monoisotopic (exact) mass is 212 g/mol. The molecule has 0 heterocycles. The molecule has 0 radical (unpaired) electrons. The highest BCUT2D eigenvalue weighted by Gasteiger charge is 2.22. The average Bonchev–Trinajstić information content (AvgIpc) is 2.15. The summed E-state index contributed by atoms with van der Waals surface area (Å²) in [7, 11) is -4.68. The molecule has 1 rings (SSSR count). The topological polar surface area (TPSA) is 71.4 Å². The average molecular weight is 212 g/mol. The van der Waals surface area contributed by atoms with E-state index in [1.165, 1.54) is 24.3 Å². The summed E-state index contributed by atoms with van der Waals surface area (Å²) >= 11 is 0. The number of carbonyl (C=O) groups excluding carboxylic acids is 1. The van der Waals surface area contributed by atoms with Gasteiger partial charge in [0.1, 0.15) is 0 Å². The van der Waals surface area contributed by atoms with Gasteiger partial charge in [0.15, 0.2) is 0 Å². The molecule has 0 aliphatic carbocycles. The van der Waals surface area contributed by atoms with E-state index in [-0.39, 0.29) is 5.56 Å². The van der Waals surface area contributed by atoms with Crippen molar-refractivity contribution in [3.8, 4) is 0 Å². The molecule has 0 fully saturated rings. The van der Waals surface area contributed by atoms with Crippen LogP contribution in [0.4, 0.5) is 0 Å². The van der Waals surface area contributed by atoms with E-state index in [2.05, 4.69) is 6.58 Å². The van der Waals surface area contributed by atoms with E-state index in [0.717, 1.165) is 0 Å². The molecule has 0 amide bonds. The first kappa shape index (κ1) is 10.6. The molecule has 14 heavy (non-hydrogen) atoms. The maximum absolute atomic E-state index is 11.2. The number of hydrogen-bond donors (Lipinski definition) is 1. The van der Waals surface area contributed by atoms with Gasteiger partial charge < -0.3 is 0 Å². The fourth-order valence-electron chi connectivity index (χ4n) is 1.000. The standard InChI is InChI=1S/C9H8O4S/c1-2-7-5-3-4-6-8(7)9(10)14(11,12)13/h2-6H,1H2,(H,11,12,13). The lowest BCUT2D eigenvalue weighted by Gasteiger charge is -2.01. The summed E-state index contributed by atoms with van der Waals surface area (Å²) in [4.78, 5) is 11.2. The molecular formula is C9H8O4S. The Labute approximate surface area is 81.6 Å². The molecule has 0 aromatic heterocycles. The predicted octanol–water partition coefficient (Wildman–Crippen LogP) is 1.36. The van der Waals surface area contributed by atoms with E-state index in [4.69, 9.17) is 4.55 Å². The SMILES string of the molecule is C=Cc1ccccc1C(=O)S(=O)(=O)O. The van der Waals surface area contributed by atoms with Gasteiger partial charge in [0.05, 0.1) is 0 Å². The van der Waals surface area contributed by atoms with Crippen molar-refractivity contribution in [2.75, 3.05) is 0 Å². The van der Waals surface area contributed by atoms with Crippen LogP contribution in [0.5, 0.6) is 0 Å². The van der Waals surface area contributed by atoms with Crippen LogP contribution in [0.3, 0.4) is 0 Å². The number of rotatable bonds is 2. The minimum atomic E-state index is -4.68. The van der Waals surface area contributed by atoms with Gasteiger partial charge in [-0.05, 0) is 11.6 Å². The van der Waals surface area contributed by atoms with Gasteiger partial charge >= 0.3 is 15.2 Å². The highest BCUT2D eigenvalue weighted by molar-refractivity contribution is 8.01. The van der Waals surface area contributed by atoms with Crippen LogP contribution in [-0.4, -0.2) is 18.1 Å². The van der Waals surface area contributed by atoms with E-state index in [0.29, 0.717) is 5.56 Å². The first-order chi connectivity index (χ1) is 6.46. The second kappa shape index (κ2) is 3.73. The molecule has 4 nitrogen and oxygen atoms in total. The Morgan fingerprint density at radius 3 is 2.43 bits per heavy atom. The number of carbonyl (C=O) groups is 1. The summed E-state index contributed by atoms with van der Waals surface area (Å²) in [5, 5.41) is -1.31. The summed E-state index contributed by atoms with van der Waals surface area (Å²) in [6, 6.07) is 5.99. The van der Waals surface area contributed by atoms with Crippen LogP contribution in [0.25, 0.3) is 6.08 Å². The van der Waals surface area contributed by atoms with Crippen molar-refractivity contribution in [2.24, 2.45) is 0 Å². The van der Waals surface area contributed by atoms with Crippen LogP contribution in [-0.2, 0) is 10.1 Å². The Kier molecular flexibility index (Phi) is 2.83. The van der Waals surface area contributed by atoms with Crippen molar-refractivity contribution >= 4 is 21.3 Å². The molecule has 0 saturated heterocycles. The zero-order valence-corrected chi connectivity index (χ0v) is 7.99. The van der Waals surface area contributed by atoms with Crippen LogP contribution in [0.15, 0.2) is 30.8 Å². The third-order valence-corrected chi connectivity index (χ3v) is 2.32. The summed E-state index contributed by atoms with van der Waals surface area (Å²) in [6.07, 6.45) is 1.35. The molecule has 0 saturated carbocycles. The summed E-state index contributed by atoms with van der Waals surface area (Å²) < 4.78 is 29.7. The van der Waals surface area contributed by atoms with Gasteiger partial charge in [-0.3, -0.25) is 9.35 Å². The lowest BCUT2D eigenvalue weighted by molar-refractivity contribution is 0.106. The van der Waals surface area contributed by atoms with Crippen molar-refractivity contribution in [1.29, 1.82) is 0 Å². The molecule has 1 aromatic rings. The van der Waals surface area contributed by atoms with Crippen molar-refractivity contribution in [2.45, 2.75) is 0 Å². The molecular weight excluding hydrogens is 204 g/mol. The number of hydrogen-bond acceptors (Lipinski definition) is 3. The van der Waals surface area contributed by atoms with Crippen molar-refractivity contribution in [1.82, 2.24) is 0 Å². The van der Waals surface area contributed by atoms with E-state index >= 15 is 0 Å². The zero-order valence-electron chi connectivity index (χ0n) is 7.17. The summed E-state index contributed by atoms with van der Waals surface area (Å²) in [6.45, 7) is 3.43. The molecule has 74 valence electrons. The second-order valence-corrected chi connectivity index (χ2v) is 3.87. The minimum Gasteiger partial charge on any atom is -0.279 e.